The fourth-order valence-electron chi connectivity index (χ4n) is 2.71. The van der Waals surface area contributed by atoms with Crippen LogP contribution in [0, 0.1) is 0 Å². The number of ether oxygens (including phenoxy) is 2. The molecule has 8 nitrogen and oxygen atoms in total. The molecule has 0 aliphatic rings. The quantitative estimate of drug-likeness (QED) is 0.551. The van der Waals surface area contributed by atoms with Crippen molar-refractivity contribution in [2.45, 2.75) is 11.5 Å². The number of carbonyl (C=O) groups excluding carboxylic acids is 1. The summed E-state index contributed by atoms with van der Waals surface area (Å²) in [5.41, 5.74) is 1.41. The van der Waals surface area contributed by atoms with Gasteiger partial charge in [0.05, 0.1) is 29.0 Å². The van der Waals surface area contributed by atoms with Gasteiger partial charge in [0.15, 0.2) is 0 Å². The lowest BCUT2D eigenvalue weighted by molar-refractivity contribution is 0.0463. The standard InChI is InChI=1S/C20H21N3O5S/c1-22-16(12-13-21-22)14-28-20(24)15-8-10-17(11-9-15)29(25,26)23(2)18-6-4-5-7-19(18)27-3/h4-13H,14H2,1-3H3. The number of carbonyl (C=O) groups is 1. The van der Waals surface area contributed by atoms with Crippen LogP contribution >= 0.6 is 0 Å². The van der Waals surface area contributed by atoms with E-state index < -0.39 is 16.0 Å². The van der Waals surface area contributed by atoms with Crippen molar-refractivity contribution in [1.82, 2.24) is 9.78 Å². The first-order chi connectivity index (χ1) is 13.8. The number of benzene rings is 2. The lowest BCUT2D eigenvalue weighted by atomic mass is 10.2. The maximum Gasteiger partial charge on any atom is 0.338 e. The molecule has 0 spiro atoms. The van der Waals surface area contributed by atoms with Crippen LogP contribution in [0.5, 0.6) is 5.75 Å². The summed E-state index contributed by atoms with van der Waals surface area (Å²) in [6.45, 7) is 0.0753. The van der Waals surface area contributed by atoms with Crippen LogP contribution in [0.25, 0.3) is 0 Å². The minimum absolute atomic E-state index is 0.0501. The summed E-state index contributed by atoms with van der Waals surface area (Å²) < 4.78 is 39.1. The highest BCUT2D eigenvalue weighted by atomic mass is 32.2. The zero-order chi connectivity index (χ0) is 21.0. The van der Waals surface area contributed by atoms with Gasteiger partial charge >= 0.3 is 5.97 Å². The smallest absolute Gasteiger partial charge is 0.338 e. The molecule has 0 saturated heterocycles. The molecule has 152 valence electrons. The Morgan fingerprint density at radius 1 is 1.10 bits per heavy atom. The lowest BCUT2D eigenvalue weighted by Gasteiger charge is -2.21. The predicted octanol–water partition coefficient (Wildman–Crippen LogP) is 2.61. The van der Waals surface area contributed by atoms with Crippen molar-refractivity contribution in [3.8, 4) is 5.75 Å². The third-order valence-corrected chi connectivity index (χ3v) is 6.23. The van der Waals surface area contributed by atoms with Crippen molar-refractivity contribution in [3.05, 3.63) is 72.1 Å². The Hall–Kier alpha value is -3.33. The molecule has 0 N–H and O–H groups in total. The third-order valence-electron chi connectivity index (χ3n) is 4.45. The number of rotatable bonds is 7. The zero-order valence-corrected chi connectivity index (χ0v) is 17.1. The molecule has 3 rings (SSSR count). The first-order valence-corrected chi connectivity index (χ1v) is 10.1. The largest absolute Gasteiger partial charge is 0.495 e. The van der Waals surface area contributed by atoms with Crippen LogP contribution in [-0.2, 0) is 28.4 Å². The molecule has 29 heavy (non-hydrogen) atoms. The van der Waals surface area contributed by atoms with E-state index in [1.807, 2.05) is 0 Å². The van der Waals surface area contributed by atoms with E-state index in [-0.39, 0.29) is 17.1 Å². The second-order valence-corrected chi connectivity index (χ2v) is 8.16. The Bertz CT molecular complexity index is 1110. The fourth-order valence-corrected chi connectivity index (χ4v) is 3.91. The van der Waals surface area contributed by atoms with Crippen molar-refractivity contribution >= 4 is 21.7 Å². The molecule has 1 heterocycles. The van der Waals surface area contributed by atoms with Crippen LogP contribution in [0.4, 0.5) is 5.69 Å². The second kappa shape index (κ2) is 8.36. The number of para-hydroxylation sites is 2. The number of sulfonamides is 1. The average molecular weight is 415 g/mol. The normalized spacial score (nSPS) is 11.1. The van der Waals surface area contributed by atoms with Gasteiger partial charge < -0.3 is 9.47 Å². The molecular formula is C20H21N3O5S. The molecule has 0 bridgehead atoms. The minimum Gasteiger partial charge on any atom is -0.495 e. The van der Waals surface area contributed by atoms with Gasteiger partial charge in [-0.3, -0.25) is 8.99 Å². The molecule has 0 amide bonds. The van der Waals surface area contributed by atoms with Crippen molar-refractivity contribution in [2.24, 2.45) is 7.05 Å². The fraction of sp³-hybridized carbons (Fsp3) is 0.200. The number of hydrogen-bond acceptors (Lipinski definition) is 6. The highest BCUT2D eigenvalue weighted by molar-refractivity contribution is 7.92. The molecule has 2 aromatic carbocycles. The highest BCUT2D eigenvalue weighted by Crippen LogP contribution is 2.30. The van der Waals surface area contributed by atoms with Gasteiger partial charge in [-0.05, 0) is 42.5 Å². The van der Waals surface area contributed by atoms with Gasteiger partial charge in [0.1, 0.15) is 12.4 Å². The molecule has 0 atom stereocenters. The SMILES string of the molecule is COc1ccccc1N(C)S(=O)(=O)c1ccc(C(=O)OCc2ccnn2C)cc1. The maximum atomic E-state index is 12.9. The molecule has 0 aliphatic heterocycles. The summed E-state index contributed by atoms with van der Waals surface area (Å²) in [6, 6.07) is 14.2. The second-order valence-electron chi connectivity index (χ2n) is 6.19. The molecule has 1 aromatic heterocycles. The Balaban J connectivity index is 1.76. The van der Waals surface area contributed by atoms with Crippen molar-refractivity contribution < 1.29 is 22.7 Å². The van der Waals surface area contributed by atoms with Crippen LogP contribution < -0.4 is 9.04 Å². The number of anilines is 1. The van der Waals surface area contributed by atoms with Crippen molar-refractivity contribution in [3.63, 3.8) is 0 Å². The van der Waals surface area contributed by atoms with Gasteiger partial charge in [0.2, 0.25) is 0 Å². The molecule has 0 aliphatic carbocycles. The molecule has 3 aromatic rings. The van der Waals surface area contributed by atoms with Crippen LogP contribution in [0.3, 0.4) is 0 Å². The average Bonchev–Trinajstić information content (AvgIpc) is 3.16. The summed E-state index contributed by atoms with van der Waals surface area (Å²) in [5, 5.41) is 4.00. The molecule has 0 radical (unpaired) electrons. The van der Waals surface area contributed by atoms with E-state index in [1.54, 1.807) is 48.3 Å². The zero-order valence-electron chi connectivity index (χ0n) is 16.3. The number of aryl methyl sites for hydroxylation is 1. The summed E-state index contributed by atoms with van der Waals surface area (Å²) in [6.07, 6.45) is 1.61. The van der Waals surface area contributed by atoms with E-state index in [2.05, 4.69) is 5.10 Å². The Morgan fingerprint density at radius 2 is 1.79 bits per heavy atom. The number of nitrogens with zero attached hydrogens (tertiary/aromatic N) is 3. The van der Waals surface area contributed by atoms with E-state index in [4.69, 9.17) is 9.47 Å². The van der Waals surface area contributed by atoms with Crippen LogP contribution in [0.1, 0.15) is 16.1 Å². The first kappa shape index (κ1) is 20.4. The topological polar surface area (TPSA) is 90.7 Å². The van der Waals surface area contributed by atoms with E-state index in [0.29, 0.717) is 11.4 Å². The lowest BCUT2D eigenvalue weighted by Crippen LogP contribution is -2.27. The van der Waals surface area contributed by atoms with E-state index in [0.717, 1.165) is 10.00 Å². The van der Waals surface area contributed by atoms with Crippen LogP contribution in [-0.4, -0.2) is 38.3 Å². The van der Waals surface area contributed by atoms with E-state index >= 15 is 0 Å². The summed E-state index contributed by atoms with van der Waals surface area (Å²) in [7, 11) is 0.845. The first-order valence-electron chi connectivity index (χ1n) is 8.70. The molecule has 0 unspecified atom stereocenters. The minimum atomic E-state index is -3.83. The monoisotopic (exact) mass is 415 g/mol. The van der Waals surface area contributed by atoms with E-state index in [1.165, 1.54) is 38.4 Å². The molecular weight excluding hydrogens is 394 g/mol. The maximum absolute atomic E-state index is 12.9. The third kappa shape index (κ3) is 4.24. The molecule has 0 saturated carbocycles. The van der Waals surface area contributed by atoms with Crippen LogP contribution in [0.15, 0.2) is 65.7 Å². The van der Waals surface area contributed by atoms with Gasteiger partial charge in [-0.2, -0.15) is 5.10 Å². The summed E-state index contributed by atoms with van der Waals surface area (Å²) in [5.74, 6) is -0.109. The Labute approximate surface area is 169 Å². The van der Waals surface area contributed by atoms with Gasteiger partial charge in [-0.15, -0.1) is 0 Å². The number of hydrogen-bond donors (Lipinski definition) is 0. The van der Waals surface area contributed by atoms with Gasteiger partial charge in [0.25, 0.3) is 10.0 Å². The van der Waals surface area contributed by atoms with Gasteiger partial charge in [0, 0.05) is 20.3 Å². The number of esters is 1. The Kier molecular flexibility index (Phi) is 5.88. The molecule has 9 heteroatoms. The van der Waals surface area contributed by atoms with Gasteiger partial charge in [-0.25, -0.2) is 13.2 Å². The predicted molar refractivity (Wildman–Crippen MR) is 107 cm³/mol. The highest BCUT2D eigenvalue weighted by Gasteiger charge is 2.24. The number of methoxy groups -OCH3 is 1. The van der Waals surface area contributed by atoms with Gasteiger partial charge in [-0.1, -0.05) is 12.1 Å². The van der Waals surface area contributed by atoms with Crippen molar-refractivity contribution in [1.29, 1.82) is 0 Å². The molecule has 0 fully saturated rings. The van der Waals surface area contributed by atoms with E-state index in [9.17, 15) is 13.2 Å². The summed E-state index contributed by atoms with van der Waals surface area (Å²) >= 11 is 0. The Morgan fingerprint density at radius 3 is 2.41 bits per heavy atom. The summed E-state index contributed by atoms with van der Waals surface area (Å²) in [4.78, 5) is 12.3. The van der Waals surface area contributed by atoms with Crippen molar-refractivity contribution in [2.75, 3.05) is 18.5 Å². The number of aromatic nitrogens is 2. The van der Waals surface area contributed by atoms with Crippen LogP contribution in [0.2, 0.25) is 0 Å².